The highest BCUT2D eigenvalue weighted by Crippen LogP contribution is 2.43. The molecular formula is C23H23FN6O2. The van der Waals surface area contributed by atoms with Crippen molar-refractivity contribution in [2.24, 2.45) is 12.0 Å². The summed E-state index contributed by atoms with van der Waals surface area (Å²) in [6.45, 7) is 0.772. The number of benzene rings is 2. The van der Waals surface area contributed by atoms with E-state index in [9.17, 15) is 9.18 Å². The molecule has 0 bridgehead atoms. The Morgan fingerprint density at radius 1 is 1.25 bits per heavy atom. The summed E-state index contributed by atoms with van der Waals surface area (Å²) in [5.74, 6) is -0.542. The van der Waals surface area contributed by atoms with Crippen LogP contribution in [-0.4, -0.2) is 51.8 Å². The number of halogens is 1. The SMILES string of the molecule is CN(C)Cc1ccc(C2ONc3cc(F)cc4c3C(=NCC4=O)C2c2ncnn2C)cc1. The largest absolute Gasteiger partial charge is 0.305 e. The van der Waals surface area contributed by atoms with Crippen LogP contribution in [0.4, 0.5) is 10.1 Å². The van der Waals surface area contributed by atoms with Gasteiger partial charge in [0.2, 0.25) is 0 Å². The number of nitrogens with one attached hydrogen (secondary N) is 1. The smallest absolute Gasteiger partial charge is 0.185 e. The number of aromatic nitrogens is 3. The van der Waals surface area contributed by atoms with Gasteiger partial charge in [0.1, 0.15) is 30.6 Å². The summed E-state index contributed by atoms with van der Waals surface area (Å²) in [5.41, 5.74) is 6.85. The lowest BCUT2D eigenvalue weighted by Crippen LogP contribution is -2.29. The number of ketones is 1. The third-order valence-corrected chi connectivity index (χ3v) is 5.78. The fraction of sp³-hybridized carbons (Fsp3) is 0.304. The van der Waals surface area contributed by atoms with Crippen LogP contribution in [0.2, 0.25) is 0 Å². The van der Waals surface area contributed by atoms with Gasteiger partial charge in [0.05, 0.1) is 17.3 Å². The predicted molar refractivity (Wildman–Crippen MR) is 117 cm³/mol. The van der Waals surface area contributed by atoms with Crippen molar-refractivity contribution < 1.29 is 14.0 Å². The number of rotatable bonds is 4. The Bertz CT molecular complexity index is 1220. The second-order valence-electron chi connectivity index (χ2n) is 8.34. The van der Waals surface area contributed by atoms with E-state index in [1.807, 2.05) is 26.2 Å². The number of carbonyl (C=O) groups is 1. The summed E-state index contributed by atoms with van der Waals surface area (Å²) < 4.78 is 16.0. The molecule has 0 saturated carbocycles. The van der Waals surface area contributed by atoms with Gasteiger partial charge in [-0.2, -0.15) is 5.10 Å². The van der Waals surface area contributed by atoms with Gasteiger partial charge in [0, 0.05) is 24.7 Å². The maximum Gasteiger partial charge on any atom is 0.185 e. The molecule has 3 heterocycles. The van der Waals surface area contributed by atoms with Gasteiger partial charge in [-0.1, -0.05) is 24.3 Å². The van der Waals surface area contributed by atoms with Crippen LogP contribution in [-0.2, 0) is 18.4 Å². The highest BCUT2D eigenvalue weighted by atomic mass is 19.1. The van der Waals surface area contributed by atoms with Gasteiger partial charge < -0.3 is 4.90 Å². The summed E-state index contributed by atoms with van der Waals surface area (Å²) in [6.07, 6.45) is 0.952. The first-order valence-electron chi connectivity index (χ1n) is 10.3. The molecule has 0 spiro atoms. The molecule has 32 heavy (non-hydrogen) atoms. The zero-order valence-electron chi connectivity index (χ0n) is 18.0. The zero-order valence-corrected chi connectivity index (χ0v) is 18.0. The number of aliphatic imine (C=N–C) groups is 1. The second-order valence-corrected chi connectivity index (χ2v) is 8.34. The molecule has 2 aliphatic heterocycles. The molecule has 2 atom stereocenters. The van der Waals surface area contributed by atoms with E-state index in [0.717, 1.165) is 12.1 Å². The molecule has 0 amide bonds. The van der Waals surface area contributed by atoms with Crippen molar-refractivity contribution in [2.75, 3.05) is 26.1 Å². The molecule has 0 saturated heterocycles. The highest BCUT2D eigenvalue weighted by Gasteiger charge is 2.41. The summed E-state index contributed by atoms with van der Waals surface area (Å²) >= 11 is 0. The van der Waals surface area contributed by atoms with Gasteiger partial charge in [-0.15, -0.1) is 0 Å². The Labute approximate surface area is 184 Å². The van der Waals surface area contributed by atoms with Gasteiger partial charge in [-0.25, -0.2) is 9.37 Å². The lowest BCUT2D eigenvalue weighted by molar-refractivity contribution is 0.0920. The number of anilines is 1. The Morgan fingerprint density at radius 3 is 2.72 bits per heavy atom. The molecule has 5 rings (SSSR count). The van der Waals surface area contributed by atoms with Crippen molar-refractivity contribution in [3.63, 3.8) is 0 Å². The minimum atomic E-state index is -0.526. The summed E-state index contributed by atoms with van der Waals surface area (Å²) in [5, 5.41) is 4.23. The number of aryl methyl sites for hydroxylation is 1. The van der Waals surface area contributed by atoms with E-state index in [-0.39, 0.29) is 12.3 Å². The molecule has 2 aliphatic rings. The molecule has 1 N–H and O–H groups in total. The van der Waals surface area contributed by atoms with E-state index in [1.54, 1.807) is 11.7 Å². The number of Topliss-reactive ketones (excluding diaryl/α,β-unsaturated/α-hetero) is 1. The van der Waals surface area contributed by atoms with Crippen LogP contribution in [0.3, 0.4) is 0 Å². The van der Waals surface area contributed by atoms with Crippen molar-refractivity contribution in [3.05, 3.63) is 76.6 Å². The van der Waals surface area contributed by atoms with E-state index in [0.29, 0.717) is 28.4 Å². The first-order chi connectivity index (χ1) is 15.4. The molecule has 1 aromatic heterocycles. The summed E-state index contributed by atoms with van der Waals surface area (Å²) in [7, 11) is 5.85. The molecule has 2 aromatic carbocycles. The first-order valence-corrected chi connectivity index (χ1v) is 10.3. The Morgan fingerprint density at radius 2 is 2.03 bits per heavy atom. The number of hydrogen-bond acceptors (Lipinski definition) is 7. The minimum absolute atomic E-state index is 0.0475. The zero-order chi connectivity index (χ0) is 22.4. The number of hydrogen-bond donors (Lipinski definition) is 1. The van der Waals surface area contributed by atoms with Crippen LogP contribution in [0.25, 0.3) is 0 Å². The van der Waals surface area contributed by atoms with Gasteiger partial charge >= 0.3 is 0 Å². The molecule has 0 radical (unpaired) electrons. The number of carbonyl (C=O) groups excluding carboxylic acids is 1. The Hall–Kier alpha value is -3.43. The first kappa shape index (κ1) is 20.5. The molecule has 0 aliphatic carbocycles. The van der Waals surface area contributed by atoms with E-state index in [4.69, 9.17) is 4.84 Å². The predicted octanol–water partition coefficient (Wildman–Crippen LogP) is 2.88. The topological polar surface area (TPSA) is 84.6 Å². The van der Waals surface area contributed by atoms with E-state index >= 15 is 0 Å². The molecule has 8 nitrogen and oxygen atoms in total. The van der Waals surface area contributed by atoms with Gasteiger partial charge in [0.25, 0.3) is 0 Å². The highest BCUT2D eigenvalue weighted by molar-refractivity contribution is 6.20. The third-order valence-electron chi connectivity index (χ3n) is 5.78. The van der Waals surface area contributed by atoms with Crippen LogP contribution in [0.15, 0.2) is 47.7 Å². The average molecular weight is 434 g/mol. The standard InChI is InChI=1S/C23H23FN6O2/c1-29(2)11-13-4-6-14(7-5-13)22-20(23-26-12-27-30(23)3)21-19-16(18(31)10-25-21)8-15(24)9-17(19)28-32-22/h4-9,12,20,22,28H,10-11H2,1-3H3. The van der Waals surface area contributed by atoms with Crippen LogP contribution >= 0.6 is 0 Å². The van der Waals surface area contributed by atoms with Gasteiger partial charge in [0.15, 0.2) is 5.78 Å². The lowest BCUT2D eigenvalue weighted by atomic mass is 9.83. The van der Waals surface area contributed by atoms with Crippen LogP contribution in [0, 0.1) is 5.82 Å². The summed E-state index contributed by atoms with van der Waals surface area (Å²) in [6, 6.07) is 10.7. The van der Waals surface area contributed by atoms with Crippen LogP contribution in [0.1, 0.15) is 44.9 Å². The third kappa shape index (κ3) is 3.49. The van der Waals surface area contributed by atoms with Crippen molar-refractivity contribution >= 4 is 17.2 Å². The molecule has 3 aromatic rings. The van der Waals surface area contributed by atoms with Crippen molar-refractivity contribution in [1.29, 1.82) is 0 Å². The molecule has 9 heteroatoms. The minimum Gasteiger partial charge on any atom is -0.305 e. The average Bonchev–Trinajstić information content (AvgIpc) is 3.10. The van der Waals surface area contributed by atoms with Crippen LogP contribution in [0.5, 0.6) is 0 Å². The maximum atomic E-state index is 14.3. The van der Waals surface area contributed by atoms with E-state index in [2.05, 4.69) is 37.6 Å². The molecule has 0 fully saturated rings. The summed E-state index contributed by atoms with van der Waals surface area (Å²) in [4.78, 5) is 29.9. The Kier molecular flexibility index (Phi) is 5.07. The second kappa shape index (κ2) is 7.92. The van der Waals surface area contributed by atoms with Crippen molar-refractivity contribution in [1.82, 2.24) is 19.7 Å². The van der Waals surface area contributed by atoms with Crippen molar-refractivity contribution in [2.45, 2.75) is 18.6 Å². The Balaban J connectivity index is 1.66. The normalized spacial score (nSPS) is 19.9. The fourth-order valence-corrected chi connectivity index (χ4v) is 4.38. The molecular weight excluding hydrogens is 411 g/mol. The quantitative estimate of drug-likeness (QED) is 0.680. The lowest BCUT2D eigenvalue weighted by Gasteiger charge is -2.26. The number of nitrogens with zero attached hydrogens (tertiary/aromatic N) is 5. The monoisotopic (exact) mass is 434 g/mol. The van der Waals surface area contributed by atoms with E-state index in [1.165, 1.54) is 24.0 Å². The van der Waals surface area contributed by atoms with E-state index < -0.39 is 17.8 Å². The van der Waals surface area contributed by atoms with Crippen LogP contribution < -0.4 is 5.48 Å². The van der Waals surface area contributed by atoms with Gasteiger partial charge in [-0.05, 0) is 37.4 Å². The van der Waals surface area contributed by atoms with Crippen molar-refractivity contribution in [3.8, 4) is 0 Å². The van der Waals surface area contributed by atoms with Gasteiger partial charge in [-0.3, -0.25) is 24.8 Å². The maximum absolute atomic E-state index is 14.3. The molecule has 164 valence electrons. The molecule has 2 unspecified atom stereocenters. The fourth-order valence-electron chi connectivity index (χ4n) is 4.38.